The fourth-order valence-electron chi connectivity index (χ4n) is 6.43. The third kappa shape index (κ3) is 17.8. The number of hydrogen-bond acceptors (Lipinski definition) is 14. The molecular weight excluding hydrogens is 720 g/mol. The number of aryl methyl sites for hydroxylation is 2. The van der Waals surface area contributed by atoms with E-state index < -0.39 is 40.5 Å². The molecule has 0 radical (unpaired) electrons. The summed E-state index contributed by atoms with van der Waals surface area (Å²) in [4.78, 5) is 55.0. The maximum atomic E-state index is 13.4. The van der Waals surface area contributed by atoms with Crippen molar-refractivity contribution >= 4 is 23.0 Å². The third-order valence-corrected chi connectivity index (χ3v) is 9.72. The first-order valence-corrected chi connectivity index (χ1v) is 19.2. The SMILES string of the molecule is COCCCn1nc(C)c2ccc(C[C@@H](C[C@H](N)[C@@H](O)C[C@H](C(=O)NCCC(CCCO[N+](=O)[O-])OC(=O)OCCCCO[N+](=O)[O-])C(C)C)C(C)C)cc21. The van der Waals surface area contributed by atoms with Crippen LogP contribution in [-0.2, 0) is 41.6 Å². The van der Waals surface area contributed by atoms with E-state index in [1.807, 2.05) is 25.5 Å². The maximum Gasteiger partial charge on any atom is 0.508 e. The quantitative estimate of drug-likeness (QED) is 0.0429. The first-order chi connectivity index (χ1) is 26.1. The Hall–Kier alpha value is -4.29. The van der Waals surface area contributed by atoms with Crippen LogP contribution in [0.4, 0.5) is 4.79 Å². The average molecular weight is 783 g/mol. The molecule has 2 rings (SSSR count). The van der Waals surface area contributed by atoms with E-state index in [0.29, 0.717) is 25.4 Å². The van der Waals surface area contributed by atoms with Crippen LogP contribution in [0.25, 0.3) is 10.9 Å². The van der Waals surface area contributed by atoms with Crippen LogP contribution >= 0.6 is 0 Å². The number of amides is 1. The van der Waals surface area contributed by atoms with Gasteiger partial charge in [0.05, 0.1) is 37.1 Å². The fraction of sp³-hybridized carbons (Fsp3) is 0.757. The number of carbonyl (C=O) groups is 2. The monoisotopic (exact) mass is 782 g/mol. The van der Waals surface area contributed by atoms with Crippen molar-refractivity contribution in [2.45, 2.75) is 117 Å². The lowest BCUT2D eigenvalue weighted by atomic mass is 9.80. The largest absolute Gasteiger partial charge is 0.508 e. The molecule has 1 aromatic carbocycles. The zero-order chi connectivity index (χ0) is 40.9. The fourth-order valence-corrected chi connectivity index (χ4v) is 6.43. The lowest BCUT2D eigenvalue weighted by Gasteiger charge is -2.30. The van der Waals surface area contributed by atoms with Crippen LogP contribution < -0.4 is 11.1 Å². The molecular formula is C37H62N6O12. The molecule has 55 heavy (non-hydrogen) atoms. The predicted octanol–water partition coefficient (Wildman–Crippen LogP) is 4.94. The molecule has 0 aliphatic carbocycles. The number of fused-ring (bicyclic) bond motifs is 1. The van der Waals surface area contributed by atoms with E-state index >= 15 is 0 Å². The summed E-state index contributed by atoms with van der Waals surface area (Å²) in [6, 6.07) is 5.88. The van der Waals surface area contributed by atoms with Crippen molar-refractivity contribution in [3.8, 4) is 0 Å². The van der Waals surface area contributed by atoms with Crippen molar-refractivity contribution in [2.75, 3.05) is 40.1 Å². The van der Waals surface area contributed by atoms with E-state index in [9.17, 15) is 34.9 Å². The summed E-state index contributed by atoms with van der Waals surface area (Å²) in [6.07, 6.45) is 0.927. The molecule has 18 nitrogen and oxygen atoms in total. The summed E-state index contributed by atoms with van der Waals surface area (Å²) in [7, 11) is 1.69. The van der Waals surface area contributed by atoms with Crippen LogP contribution in [0, 0.1) is 50.8 Å². The summed E-state index contributed by atoms with van der Waals surface area (Å²) >= 11 is 0. The molecule has 312 valence electrons. The molecule has 1 amide bonds. The normalized spacial score (nSPS) is 14.3. The molecule has 2 aromatic rings. The Balaban J connectivity index is 1.96. The van der Waals surface area contributed by atoms with Gasteiger partial charge in [0.2, 0.25) is 5.91 Å². The van der Waals surface area contributed by atoms with Gasteiger partial charge in [-0.1, -0.05) is 39.8 Å². The van der Waals surface area contributed by atoms with Crippen molar-refractivity contribution in [1.29, 1.82) is 0 Å². The predicted molar refractivity (Wildman–Crippen MR) is 203 cm³/mol. The molecule has 1 unspecified atom stereocenters. The number of nitrogens with zero attached hydrogens (tertiary/aromatic N) is 4. The molecule has 0 aliphatic rings. The first kappa shape index (κ1) is 46.9. The Bertz CT molecular complexity index is 1470. The Morgan fingerprint density at radius 2 is 1.62 bits per heavy atom. The minimum absolute atomic E-state index is 0.0517. The van der Waals surface area contributed by atoms with Gasteiger partial charge in [-0.2, -0.15) is 5.10 Å². The summed E-state index contributed by atoms with van der Waals surface area (Å²) in [5.41, 5.74) is 9.86. The topological polar surface area (TPSA) is 243 Å². The second-order valence-electron chi connectivity index (χ2n) is 14.6. The molecule has 5 atom stereocenters. The van der Waals surface area contributed by atoms with E-state index in [-0.39, 0.29) is 76.2 Å². The zero-order valence-corrected chi connectivity index (χ0v) is 33.2. The summed E-state index contributed by atoms with van der Waals surface area (Å²) in [5.74, 6) is -0.451. The van der Waals surface area contributed by atoms with Crippen LogP contribution in [0.2, 0.25) is 0 Å². The van der Waals surface area contributed by atoms with Crippen LogP contribution in [0.3, 0.4) is 0 Å². The maximum absolute atomic E-state index is 13.4. The van der Waals surface area contributed by atoms with Crippen LogP contribution in [-0.4, -0.2) is 95.5 Å². The van der Waals surface area contributed by atoms with Gasteiger partial charge in [0.1, 0.15) is 6.10 Å². The molecule has 1 heterocycles. The van der Waals surface area contributed by atoms with E-state index in [0.717, 1.165) is 36.0 Å². The number of aromatic nitrogens is 2. The second kappa shape index (κ2) is 25.0. The van der Waals surface area contributed by atoms with Gasteiger partial charge in [0.15, 0.2) is 0 Å². The number of hydrogen-bond donors (Lipinski definition) is 3. The van der Waals surface area contributed by atoms with E-state index in [1.54, 1.807) is 7.11 Å². The van der Waals surface area contributed by atoms with Gasteiger partial charge < -0.3 is 40.0 Å². The van der Waals surface area contributed by atoms with E-state index in [2.05, 4.69) is 47.0 Å². The van der Waals surface area contributed by atoms with Crippen molar-refractivity contribution in [3.05, 3.63) is 49.7 Å². The Morgan fingerprint density at radius 3 is 2.25 bits per heavy atom. The van der Waals surface area contributed by atoms with Gasteiger partial charge in [0.25, 0.3) is 10.2 Å². The number of aliphatic hydroxyl groups is 1. The van der Waals surface area contributed by atoms with Crippen molar-refractivity contribution < 1.29 is 48.8 Å². The van der Waals surface area contributed by atoms with Crippen molar-refractivity contribution in [2.24, 2.45) is 29.4 Å². The highest BCUT2D eigenvalue weighted by atomic mass is 17.0. The number of rotatable bonds is 29. The molecule has 0 spiro atoms. The zero-order valence-electron chi connectivity index (χ0n) is 33.2. The van der Waals surface area contributed by atoms with Gasteiger partial charge in [-0.3, -0.25) is 9.48 Å². The lowest BCUT2D eigenvalue weighted by Crippen LogP contribution is -2.43. The molecule has 0 saturated heterocycles. The molecule has 0 fully saturated rings. The summed E-state index contributed by atoms with van der Waals surface area (Å²) in [5, 5.41) is 39.0. The van der Waals surface area contributed by atoms with Crippen LogP contribution in [0.1, 0.15) is 90.3 Å². The van der Waals surface area contributed by atoms with Gasteiger partial charge in [-0.05, 0) is 87.7 Å². The van der Waals surface area contributed by atoms with Crippen LogP contribution in [0.5, 0.6) is 0 Å². The molecule has 4 N–H and O–H groups in total. The Labute approximate surface area is 322 Å². The third-order valence-electron chi connectivity index (χ3n) is 9.72. The van der Waals surface area contributed by atoms with E-state index in [1.165, 1.54) is 5.56 Å². The second-order valence-corrected chi connectivity index (χ2v) is 14.6. The number of carbonyl (C=O) groups excluding carboxylic acids is 2. The van der Waals surface area contributed by atoms with Crippen LogP contribution in [0.15, 0.2) is 18.2 Å². The van der Waals surface area contributed by atoms with Gasteiger partial charge in [0, 0.05) is 50.6 Å². The van der Waals surface area contributed by atoms with E-state index in [4.69, 9.17) is 25.0 Å². The lowest BCUT2D eigenvalue weighted by molar-refractivity contribution is -0.757. The standard InChI is InChI=1S/C37H62N6O12/c1-25(2)29(21-28-12-13-31-27(5)40-41(34(31)22-28)16-10-17-51-6)23-33(38)35(44)24-32(26(3)4)36(45)39-15-14-30(11-9-20-54-43(49)50)55-37(46)52-18-7-8-19-53-42(47)48/h12-13,22,25-26,29-30,32-33,35,44H,7-11,14-21,23-24,38H2,1-6H3,(H,39,45)/t29-,30?,32-,33-,35-/m0/s1. The summed E-state index contributed by atoms with van der Waals surface area (Å²) in [6.45, 7) is 11.3. The highest BCUT2D eigenvalue weighted by molar-refractivity contribution is 5.82. The first-order valence-electron chi connectivity index (χ1n) is 19.2. The molecule has 0 aliphatic heterocycles. The van der Waals surface area contributed by atoms with Gasteiger partial charge >= 0.3 is 6.16 Å². The minimum Gasteiger partial charge on any atom is -0.434 e. The molecule has 0 bridgehead atoms. The highest BCUT2D eigenvalue weighted by Gasteiger charge is 2.30. The molecule has 1 aromatic heterocycles. The Morgan fingerprint density at radius 1 is 0.945 bits per heavy atom. The number of ether oxygens (including phenoxy) is 3. The Kier molecular flexibility index (Phi) is 21.3. The van der Waals surface area contributed by atoms with Crippen molar-refractivity contribution in [1.82, 2.24) is 15.1 Å². The smallest absolute Gasteiger partial charge is 0.434 e. The van der Waals surface area contributed by atoms with Crippen molar-refractivity contribution in [3.63, 3.8) is 0 Å². The number of benzene rings is 1. The highest BCUT2D eigenvalue weighted by Crippen LogP contribution is 2.28. The van der Waals surface area contributed by atoms with Gasteiger partial charge in [-0.25, -0.2) is 4.79 Å². The number of aliphatic hydroxyl groups excluding tert-OH is 1. The molecule has 18 heteroatoms. The number of nitrogens with two attached hydrogens (primary N) is 1. The summed E-state index contributed by atoms with van der Waals surface area (Å²) < 4.78 is 17.7. The number of unbranched alkanes of at least 4 members (excludes halogenated alkanes) is 1. The number of nitrogens with one attached hydrogen (secondary N) is 1. The molecule has 0 saturated carbocycles. The average Bonchev–Trinajstić information content (AvgIpc) is 3.43. The van der Waals surface area contributed by atoms with Gasteiger partial charge in [-0.15, -0.1) is 20.2 Å². The number of methoxy groups -OCH3 is 1. The minimum atomic E-state index is -0.973.